The highest BCUT2D eigenvalue weighted by atomic mass is 32.2. The zero-order chi connectivity index (χ0) is 11.3. The van der Waals surface area contributed by atoms with Gasteiger partial charge >= 0.3 is 5.97 Å². The van der Waals surface area contributed by atoms with Gasteiger partial charge in [0, 0.05) is 0 Å². The molecule has 0 saturated heterocycles. The van der Waals surface area contributed by atoms with Gasteiger partial charge < -0.3 is 5.11 Å². The molecular weight excluding hydrogens is 214 g/mol. The minimum Gasteiger partial charge on any atom is -0.480 e. The largest absolute Gasteiger partial charge is 0.480 e. The predicted octanol–water partition coefficient (Wildman–Crippen LogP) is 1.08. The highest BCUT2D eigenvalue weighted by Gasteiger charge is 2.26. The molecule has 78 valence electrons. The van der Waals surface area contributed by atoms with Crippen LogP contribution in [0.3, 0.4) is 0 Å². The summed E-state index contributed by atoms with van der Waals surface area (Å²) in [5, 5.41) is 16.2. The summed E-state index contributed by atoms with van der Waals surface area (Å²) in [7, 11) is -1.70. The SMILES string of the molecule is N#CCS(=O)C(C(=O)O)c1ccccc1. The van der Waals surface area contributed by atoms with Crippen LogP contribution in [-0.4, -0.2) is 21.0 Å². The highest BCUT2D eigenvalue weighted by Crippen LogP contribution is 2.19. The predicted molar refractivity (Wildman–Crippen MR) is 55.4 cm³/mol. The van der Waals surface area contributed by atoms with Crippen LogP contribution in [0.5, 0.6) is 0 Å². The molecule has 15 heavy (non-hydrogen) atoms. The van der Waals surface area contributed by atoms with E-state index >= 15 is 0 Å². The summed E-state index contributed by atoms with van der Waals surface area (Å²) in [5.74, 6) is -1.44. The summed E-state index contributed by atoms with van der Waals surface area (Å²) in [4.78, 5) is 10.9. The molecule has 0 spiro atoms. The number of hydrogen-bond donors (Lipinski definition) is 1. The van der Waals surface area contributed by atoms with Crippen LogP contribution in [0.25, 0.3) is 0 Å². The van der Waals surface area contributed by atoms with Gasteiger partial charge in [0.05, 0.1) is 16.9 Å². The number of carboxylic acid groups (broad SMARTS) is 1. The van der Waals surface area contributed by atoms with E-state index in [2.05, 4.69) is 0 Å². The van der Waals surface area contributed by atoms with Crippen molar-refractivity contribution in [2.24, 2.45) is 0 Å². The molecule has 0 saturated carbocycles. The summed E-state index contributed by atoms with van der Waals surface area (Å²) in [6, 6.07) is 9.99. The average Bonchev–Trinajstić information content (AvgIpc) is 2.19. The molecule has 0 bridgehead atoms. The maximum Gasteiger partial charge on any atom is 0.323 e. The molecule has 1 N–H and O–H groups in total. The van der Waals surface area contributed by atoms with E-state index in [0.717, 1.165) is 0 Å². The number of benzene rings is 1. The Labute approximate surface area is 89.6 Å². The van der Waals surface area contributed by atoms with E-state index < -0.39 is 22.0 Å². The van der Waals surface area contributed by atoms with Crippen molar-refractivity contribution >= 4 is 16.8 Å². The first-order valence-electron chi connectivity index (χ1n) is 4.18. The summed E-state index contributed by atoms with van der Waals surface area (Å²) >= 11 is 0. The number of nitriles is 1. The summed E-state index contributed by atoms with van der Waals surface area (Å²) < 4.78 is 11.5. The Balaban J connectivity index is 3.00. The second kappa shape index (κ2) is 5.27. The van der Waals surface area contributed by atoms with E-state index in [1.807, 2.05) is 0 Å². The molecule has 1 aromatic rings. The van der Waals surface area contributed by atoms with Crippen molar-refractivity contribution in [3.63, 3.8) is 0 Å². The summed E-state index contributed by atoms with van der Waals surface area (Å²) in [6.07, 6.45) is 0. The molecule has 0 heterocycles. The van der Waals surface area contributed by atoms with E-state index in [1.54, 1.807) is 36.4 Å². The fourth-order valence-corrected chi connectivity index (χ4v) is 2.16. The fraction of sp³-hybridized carbons (Fsp3) is 0.200. The highest BCUT2D eigenvalue weighted by molar-refractivity contribution is 7.86. The standard InChI is InChI=1S/C10H9NO3S/c11-6-7-15(14)9(10(12)13)8-4-2-1-3-5-8/h1-5,9H,7H2,(H,12,13). The molecule has 2 unspecified atom stereocenters. The van der Waals surface area contributed by atoms with E-state index in [-0.39, 0.29) is 5.75 Å². The molecule has 5 heteroatoms. The van der Waals surface area contributed by atoms with Crippen LogP contribution >= 0.6 is 0 Å². The van der Waals surface area contributed by atoms with Crippen LogP contribution in [0.1, 0.15) is 10.8 Å². The van der Waals surface area contributed by atoms with Gasteiger partial charge in [0.25, 0.3) is 0 Å². The number of carboxylic acids is 1. The first kappa shape index (κ1) is 11.4. The topological polar surface area (TPSA) is 78.2 Å². The van der Waals surface area contributed by atoms with Crippen LogP contribution < -0.4 is 0 Å². The smallest absolute Gasteiger partial charge is 0.323 e. The second-order valence-electron chi connectivity index (χ2n) is 2.81. The van der Waals surface area contributed by atoms with Gasteiger partial charge in [-0.1, -0.05) is 30.3 Å². The molecule has 0 aliphatic rings. The molecule has 1 aromatic carbocycles. The lowest BCUT2D eigenvalue weighted by Gasteiger charge is -2.09. The number of aliphatic carboxylic acids is 1. The van der Waals surface area contributed by atoms with Crippen LogP contribution in [-0.2, 0) is 15.6 Å². The van der Waals surface area contributed by atoms with Gasteiger partial charge in [0.1, 0.15) is 5.75 Å². The van der Waals surface area contributed by atoms with E-state index in [4.69, 9.17) is 10.4 Å². The molecule has 0 amide bonds. The minimum absolute atomic E-state index is 0.272. The van der Waals surface area contributed by atoms with Crippen LogP contribution in [0.4, 0.5) is 0 Å². The lowest BCUT2D eigenvalue weighted by molar-refractivity contribution is -0.136. The van der Waals surface area contributed by atoms with Gasteiger partial charge in [-0.2, -0.15) is 5.26 Å². The number of hydrogen-bond acceptors (Lipinski definition) is 3. The van der Waals surface area contributed by atoms with Crippen LogP contribution in [0.15, 0.2) is 30.3 Å². The Kier molecular flexibility index (Phi) is 4.01. The monoisotopic (exact) mass is 223 g/mol. The number of nitrogens with zero attached hydrogens (tertiary/aromatic N) is 1. The summed E-state index contributed by atoms with van der Waals surface area (Å²) in [5.41, 5.74) is 0.457. The third-order valence-electron chi connectivity index (χ3n) is 1.80. The second-order valence-corrected chi connectivity index (χ2v) is 4.33. The first-order valence-corrected chi connectivity index (χ1v) is 5.57. The van der Waals surface area contributed by atoms with Crippen molar-refractivity contribution < 1.29 is 14.1 Å². The fourth-order valence-electron chi connectivity index (χ4n) is 1.18. The molecule has 2 atom stereocenters. The molecule has 1 rings (SSSR count). The zero-order valence-corrected chi connectivity index (χ0v) is 8.61. The Bertz CT molecular complexity index is 410. The van der Waals surface area contributed by atoms with E-state index in [1.165, 1.54) is 0 Å². The quantitative estimate of drug-likeness (QED) is 0.828. The van der Waals surface area contributed by atoms with Crippen molar-refractivity contribution in [3.05, 3.63) is 35.9 Å². The van der Waals surface area contributed by atoms with Crippen molar-refractivity contribution in [3.8, 4) is 6.07 Å². The van der Waals surface area contributed by atoms with Crippen molar-refractivity contribution in [1.82, 2.24) is 0 Å². The van der Waals surface area contributed by atoms with Crippen LogP contribution in [0.2, 0.25) is 0 Å². The first-order chi connectivity index (χ1) is 7.16. The number of rotatable bonds is 4. The van der Waals surface area contributed by atoms with Gasteiger partial charge in [-0.3, -0.25) is 9.00 Å². The molecule has 0 aromatic heterocycles. The van der Waals surface area contributed by atoms with Gasteiger partial charge in [-0.15, -0.1) is 0 Å². The van der Waals surface area contributed by atoms with Crippen molar-refractivity contribution in [2.45, 2.75) is 5.25 Å². The lowest BCUT2D eigenvalue weighted by Crippen LogP contribution is -2.18. The normalized spacial score (nSPS) is 13.8. The molecule has 0 radical (unpaired) electrons. The van der Waals surface area contributed by atoms with Crippen LogP contribution in [0, 0.1) is 11.3 Å². The third kappa shape index (κ3) is 2.89. The van der Waals surface area contributed by atoms with E-state index in [0.29, 0.717) is 5.56 Å². The lowest BCUT2D eigenvalue weighted by atomic mass is 10.1. The van der Waals surface area contributed by atoms with Gasteiger partial charge in [0.2, 0.25) is 0 Å². The molecular formula is C10H9NO3S. The maximum atomic E-state index is 11.5. The molecule has 0 fully saturated rings. The Hall–Kier alpha value is -1.67. The minimum atomic E-state index is -1.70. The summed E-state index contributed by atoms with van der Waals surface area (Å²) in [6.45, 7) is 0. The number of carbonyl (C=O) groups is 1. The average molecular weight is 223 g/mol. The third-order valence-corrected chi connectivity index (χ3v) is 3.21. The van der Waals surface area contributed by atoms with E-state index in [9.17, 15) is 9.00 Å². The Morgan fingerprint density at radius 2 is 2.07 bits per heavy atom. The van der Waals surface area contributed by atoms with Gasteiger partial charge in [-0.05, 0) is 5.56 Å². The molecule has 4 nitrogen and oxygen atoms in total. The Morgan fingerprint density at radius 1 is 1.47 bits per heavy atom. The molecule has 0 aliphatic heterocycles. The van der Waals surface area contributed by atoms with Crippen molar-refractivity contribution in [1.29, 1.82) is 5.26 Å². The maximum absolute atomic E-state index is 11.5. The Morgan fingerprint density at radius 3 is 2.53 bits per heavy atom. The van der Waals surface area contributed by atoms with Gasteiger partial charge in [0.15, 0.2) is 5.25 Å². The molecule has 0 aliphatic carbocycles. The van der Waals surface area contributed by atoms with Crippen molar-refractivity contribution in [2.75, 3.05) is 5.75 Å². The zero-order valence-electron chi connectivity index (χ0n) is 7.79. The van der Waals surface area contributed by atoms with Gasteiger partial charge in [-0.25, -0.2) is 0 Å².